The van der Waals surface area contributed by atoms with Crippen LogP contribution in [0.2, 0.25) is 0 Å². The van der Waals surface area contributed by atoms with E-state index in [1.54, 1.807) is 12.1 Å². The Labute approximate surface area is 207 Å². The number of hydrogen-bond donors (Lipinski definition) is 0. The van der Waals surface area contributed by atoms with Crippen LogP contribution in [0.3, 0.4) is 0 Å². The first-order chi connectivity index (χ1) is 16.6. The Bertz CT molecular complexity index is 1310. The number of ether oxygens (including phenoxy) is 2. The summed E-state index contributed by atoms with van der Waals surface area (Å²) in [4.78, 5) is 25.0. The molecule has 0 saturated carbocycles. The SMILES string of the molecule is CCCCOC(=O)c1ccccc1-c1c2ccc(=O)cc-2oc2cc(OCCCCBr)ccc12. The number of carbonyl (C=O) groups excluding carboxylic acids is 1. The summed E-state index contributed by atoms with van der Waals surface area (Å²) >= 11 is 3.43. The number of hydrogen-bond acceptors (Lipinski definition) is 5. The summed E-state index contributed by atoms with van der Waals surface area (Å²) in [6.07, 6.45) is 3.73. The van der Waals surface area contributed by atoms with Gasteiger partial charge in [0.1, 0.15) is 17.1 Å². The van der Waals surface area contributed by atoms with Crippen LogP contribution in [-0.2, 0) is 4.74 Å². The average Bonchev–Trinajstić information content (AvgIpc) is 2.85. The fourth-order valence-corrected chi connectivity index (χ4v) is 4.28. The molecule has 0 radical (unpaired) electrons. The van der Waals surface area contributed by atoms with E-state index >= 15 is 0 Å². The highest BCUT2D eigenvalue weighted by atomic mass is 79.9. The van der Waals surface area contributed by atoms with Gasteiger partial charge in [0.25, 0.3) is 0 Å². The van der Waals surface area contributed by atoms with E-state index in [-0.39, 0.29) is 11.4 Å². The minimum Gasteiger partial charge on any atom is -0.493 e. The van der Waals surface area contributed by atoms with Gasteiger partial charge in [-0.2, -0.15) is 0 Å². The third kappa shape index (κ3) is 5.33. The first-order valence-electron chi connectivity index (χ1n) is 11.6. The zero-order valence-electron chi connectivity index (χ0n) is 19.1. The molecule has 0 fully saturated rings. The lowest BCUT2D eigenvalue weighted by molar-refractivity contribution is 0.0500. The zero-order valence-corrected chi connectivity index (χ0v) is 20.7. The lowest BCUT2D eigenvalue weighted by Crippen LogP contribution is -2.08. The Morgan fingerprint density at radius 2 is 1.79 bits per heavy atom. The minimum atomic E-state index is -0.363. The summed E-state index contributed by atoms with van der Waals surface area (Å²) in [6, 6.07) is 17.8. The van der Waals surface area contributed by atoms with E-state index in [1.807, 2.05) is 36.4 Å². The predicted molar refractivity (Wildman–Crippen MR) is 138 cm³/mol. The third-order valence-corrected chi connectivity index (χ3v) is 6.17. The molecule has 34 heavy (non-hydrogen) atoms. The van der Waals surface area contributed by atoms with Gasteiger partial charge in [-0.15, -0.1) is 0 Å². The molecule has 0 N–H and O–H groups in total. The van der Waals surface area contributed by atoms with Crippen LogP contribution in [0.4, 0.5) is 0 Å². The topological polar surface area (TPSA) is 65.7 Å². The largest absolute Gasteiger partial charge is 0.493 e. The highest BCUT2D eigenvalue weighted by Crippen LogP contribution is 2.42. The molecular weight excluding hydrogens is 496 g/mol. The molecule has 0 amide bonds. The second-order valence-electron chi connectivity index (χ2n) is 8.07. The Balaban J connectivity index is 1.85. The van der Waals surface area contributed by atoms with E-state index in [2.05, 4.69) is 22.9 Å². The number of alkyl halides is 1. The predicted octanol–water partition coefficient (Wildman–Crippen LogP) is 7.08. The van der Waals surface area contributed by atoms with Crippen LogP contribution in [0.25, 0.3) is 33.4 Å². The average molecular weight is 523 g/mol. The molecule has 6 heteroatoms. The van der Waals surface area contributed by atoms with Gasteiger partial charge in [-0.1, -0.05) is 47.5 Å². The van der Waals surface area contributed by atoms with Crippen molar-refractivity contribution >= 4 is 32.9 Å². The number of carbonyl (C=O) groups is 1. The monoisotopic (exact) mass is 522 g/mol. The number of fused-ring (bicyclic) bond motifs is 2. The first kappa shape index (κ1) is 24.0. The number of rotatable bonds is 10. The molecule has 1 aliphatic carbocycles. The second-order valence-corrected chi connectivity index (χ2v) is 8.87. The first-order valence-corrected chi connectivity index (χ1v) is 12.7. The van der Waals surface area contributed by atoms with Crippen molar-refractivity contribution in [2.75, 3.05) is 18.5 Å². The van der Waals surface area contributed by atoms with Crippen molar-refractivity contribution in [3.8, 4) is 28.2 Å². The highest BCUT2D eigenvalue weighted by Gasteiger charge is 2.22. The van der Waals surface area contributed by atoms with Crippen LogP contribution in [0.15, 0.2) is 69.9 Å². The summed E-state index contributed by atoms with van der Waals surface area (Å²) in [6.45, 7) is 3.04. The van der Waals surface area contributed by atoms with Crippen molar-refractivity contribution < 1.29 is 18.7 Å². The maximum Gasteiger partial charge on any atom is 0.338 e. The smallest absolute Gasteiger partial charge is 0.338 e. The van der Waals surface area contributed by atoms with Gasteiger partial charge in [-0.25, -0.2) is 4.79 Å². The van der Waals surface area contributed by atoms with E-state index in [1.165, 1.54) is 12.1 Å². The van der Waals surface area contributed by atoms with Gasteiger partial charge in [-0.05, 0) is 55.2 Å². The standard InChI is InChI=1S/C28H27BrO5/c1-2-3-15-33-28(31)22-9-5-4-8-21(22)27-23-12-10-19(30)17-25(23)34-26-18-20(11-13-24(26)27)32-16-7-6-14-29/h4-5,8-13,17-18H,2-3,6-7,14-16H2,1H3. The van der Waals surface area contributed by atoms with Gasteiger partial charge in [0.2, 0.25) is 0 Å². The molecule has 0 aromatic heterocycles. The molecule has 0 bridgehead atoms. The third-order valence-electron chi connectivity index (χ3n) is 5.61. The molecule has 0 saturated heterocycles. The van der Waals surface area contributed by atoms with Gasteiger partial charge < -0.3 is 13.9 Å². The number of benzene rings is 3. The highest BCUT2D eigenvalue weighted by molar-refractivity contribution is 9.09. The lowest BCUT2D eigenvalue weighted by atomic mass is 9.91. The van der Waals surface area contributed by atoms with Crippen LogP contribution in [0, 0.1) is 0 Å². The van der Waals surface area contributed by atoms with E-state index in [4.69, 9.17) is 13.9 Å². The van der Waals surface area contributed by atoms with E-state index < -0.39 is 0 Å². The van der Waals surface area contributed by atoms with Crippen LogP contribution >= 0.6 is 15.9 Å². The van der Waals surface area contributed by atoms with Crippen LogP contribution in [0.5, 0.6) is 5.75 Å². The summed E-state index contributed by atoms with van der Waals surface area (Å²) in [5, 5.41) is 1.77. The second kappa shape index (κ2) is 11.3. The zero-order chi connectivity index (χ0) is 23.9. The summed E-state index contributed by atoms with van der Waals surface area (Å²) in [5.74, 6) is 0.792. The molecule has 5 nitrogen and oxygen atoms in total. The normalized spacial score (nSPS) is 11.1. The van der Waals surface area contributed by atoms with Crippen molar-refractivity contribution in [2.24, 2.45) is 0 Å². The Morgan fingerprint density at radius 3 is 2.62 bits per heavy atom. The van der Waals surface area contributed by atoms with Crippen LogP contribution in [-0.4, -0.2) is 24.5 Å². The van der Waals surface area contributed by atoms with Crippen molar-refractivity contribution in [1.82, 2.24) is 0 Å². The van der Waals surface area contributed by atoms with Gasteiger partial charge in [0.15, 0.2) is 5.43 Å². The summed E-state index contributed by atoms with van der Waals surface area (Å²) in [7, 11) is 0. The Kier molecular flexibility index (Phi) is 8.01. The molecule has 1 heterocycles. The number of halogens is 1. The van der Waals surface area contributed by atoms with E-state index in [0.29, 0.717) is 35.9 Å². The maximum absolute atomic E-state index is 12.9. The van der Waals surface area contributed by atoms with Crippen molar-refractivity contribution in [2.45, 2.75) is 32.6 Å². The summed E-state index contributed by atoms with van der Waals surface area (Å²) < 4.78 is 17.6. The molecule has 0 spiro atoms. The van der Waals surface area contributed by atoms with E-state index in [9.17, 15) is 9.59 Å². The molecule has 4 rings (SSSR count). The fourth-order valence-electron chi connectivity index (χ4n) is 3.88. The van der Waals surface area contributed by atoms with Crippen molar-refractivity contribution in [1.29, 1.82) is 0 Å². The number of esters is 1. The van der Waals surface area contributed by atoms with Crippen LogP contribution < -0.4 is 10.2 Å². The van der Waals surface area contributed by atoms with E-state index in [0.717, 1.165) is 53.1 Å². The number of unbranched alkanes of at least 4 members (excludes halogenated alkanes) is 2. The minimum absolute atomic E-state index is 0.143. The summed E-state index contributed by atoms with van der Waals surface area (Å²) in [5.41, 5.74) is 3.24. The van der Waals surface area contributed by atoms with Gasteiger partial charge in [0, 0.05) is 34.0 Å². The molecule has 2 aromatic rings. The Hall–Kier alpha value is -3.12. The van der Waals surface area contributed by atoms with Crippen molar-refractivity contribution in [3.05, 3.63) is 76.5 Å². The van der Waals surface area contributed by atoms with Gasteiger partial charge >= 0.3 is 5.97 Å². The molecule has 0 atom stereocenters. The quantitative estimate of drug-likeness (QED) is 0.0963. The van der Waals surface area contributed by atoms with Gasteiger partial charge in [-0.3, -0.25) is 4.79 Å². The lowest BCUT2D eigenvalue weighted by Gasteiger charge is -2.18. The molecule has 2 aromatic carbocycles. The molecule has 176 valence electrons. The fraction of sp³-hybridized carbons (Fsp3) is 0.286. The molecule has 1 aliphatic heterocycles. The molecule has 2 aliphatic rings. The van der Waals surface area contributed by atoms with Crippen LogP contribution in [0.1, 0.15) is 43.0 Å². The van der Waals surface area contributed by atoms with Crippen molar-refractivity contribution in [3.63, 3.8) is 0 Å². The van der Waals surface area contributed by atoms with Gasteiger partial charge in [0.05, 0.1) is 18.8 Å². The molecule has 0 unspecified atom stereocenters. The maximum atomic E-state index is 12.9. The Morgan fingerprint density at radius 1 is 0.941 bits per heavy atom. The molecular formula is C28H27BrO5.